The summed E-state index contributed by atoms with van der Waals surface area (Å²) in [5, 5.41) is 6.04. The largest absolute Gasteiger partial charge is 0.497 e. The molecular weight excluding hydrogens is 304 g/mol. The lowest BCUT2D eigenvalue weighted by molar-refractivity contribution is -0.124. The van der Waals surface area contributed by atoms with Crippen molar-refractivity contribution >= 4 is 15.7 Å². The zero-order valence-electron chi connectivity index (χ0n) is 12.8. The average Bonchev–Trinajstić information content (AvgIpc) is 2.99. The molecule has 0 aliphatic carbocycles. The van der Waals surface area contributed by atoms with Crippen molar-refractivity contribution in [1.29, 1.82) is 0 Å². The quantitative estimate of drug-likeness (QED) is 0.799. The van der Waals surface area contributed by atoms with Gasteiger partial charge in [-0.2, -0.15) is 0 Å². The molecule has 0 spiro atoms. The molecule has 0 aromatic heterocycles. The van der Waals surface area contributed by atoms with Gasteiger partial charge in [0.2, 0.25) is 5.91 Å². The number of sulfone groups is 1. The third-order valence-corrected chi connectivity index (χ3v) is 5.67. The van der Waals surface area contributed by atoms with Crippen LogP contribution in [0.25, 0.3) is 0 Å². The van der Waals surface area contributed by atoms with Gasteiger partial charge in [0.1, 0.15) is 5.75 Å². The first kappa shape index (κ1) is 16.8. The maximum absolute atomic E-state index is 12.4. The second-order valence-corrected chi connectivity index (χ2v) is 7.59. The van der Waals surface area contributed by atoms with Crippen LogP contribution in [0.1, 0.15) is 13.3 Å². The molecule has 1 amide bonds. The fourth-order valence-electron chi connectivity index (χ4n) is 2.41. The van der Waals surface area contributed by atoms with E-state index >= 15 is 0 Å². The normalized spacial score (nSPS) is 19.6. The first-order valence-electron chi connectivity index (χ1n) is 7.30. The van der Waals surface area contributed by atoms with Crippen molar-refractivity contribution in [3.63, 3.8) is 0 Å². The first-order chi connectivity index (χ1) is 10.4. The van der Waals surface area contributed by atoms with Crippen LogP contribution in [0.3, 0.4) is 0 Å². The van der Waals surface area contributed by atoms with Crippen molar-refractivity contribution < 1.29 is 17.9 Å². The summed E-state index contributed by atoms with van der Waals surface area (Å²) in [4.78, 5) is 12.3. The molecule has 6 nitrogen and oxygen atoms in total. The monoisotopic (exact) mass is 326 g/mol. The van der Waals surface area contributed by atoms with Gasteiger partial charge in [0.25, 0.3) is 0 Å². The van der Waals surface area contributed by atoms with Crippen LogP contribution in [-0.2, 0) is 14.6 Å². The zero-order valence-corrected chi connectivity index (χ0v) is 13.7. The molecule has 0 saturated carbocycles. The van der Waals surface area contributed by atoms with Crippen LogP contribution in [0.15, 0.2) is 29.2 Å². The molecular formula is C15H22N2O4S. The van der Waals surface area contributed by atoms with Gasteiger partial charge in [-0.1, -0.05) is 6.92 Å². The van der Waals surface area contributed by atoms with Crippen LogP contribution in [0, 0.1) is 5.92 Å². The number of nitrogens with one attached hydrogen (secondary N) is 2. The lowest BCUT2D eigenvalue weighted by Gasteiger charge is -2.16. The number of amides is 1. The second-order valence-electron chi connectivity index (χ2n) is 5.56. The molecule has 1 aromatic carbocycles. The predicted octanol–water partition coefficient (Wildman–Crippen LogP) is 0.583. The Kier molecular flexibility index (Phi) is 5.42. The minimum Gasteiger partial charge on any atom is -0.497 e. The molecule has 7 heteroatoms. The molecule has 0 bridgehead atoms. The van der Waals surface area contributed by atoms with Gasteiger partial charge in [0.05, 0.1) is 17.8 Å². The topological polar surface area (TPSA) is 84.5 Å². The van der Waals surface area contributed by atoms with Crippen LogP contribution in [0.4, 0.5) is 0 Å². The van der Waals surface area contributed by atoms with Crippen LogP contribution in [0.2, 0.25) is 0 Å². The van der Waals surface area contributed by atoms with Crippen LogP contribution in [-0.4, -0.2) is 46.3 Å². The summed E-state index contributed by atoms with van der Waals surface area (Å²) >= 11 is 0. The van der Waals surface area contributed by atoms with E-state index in [1.807, 2.05) is 0 Å². The van der Waals surface area contributed by atoms with E-state index in [0.29, 0.717) is 5.75 Å². The van der Waals surface area contributed by atoms with E-state index in [-0.39, 0.29) is 22.6 Å². The number of benzene rings is 1. The third-order valence-electron chi connectivity index (χ3n) is 3.74. The third kappa shape index (κ3) is 4.20. The summed E-state index contributed by atoms with van der Waals surface area (Å²) in [6, 6.07) is 6.29. The average molecular weight is 326 g/mol. The van der Waals surface area contributed by atoms with Crippen molar-refractivity contribution in [3.05, 3.63) is 24.3 Å². The molecule has 1 aliphatic heterocycles. The Morgan fingerprint density at radius 1 is 1.41 bits per heavy atom. The van der Waals surface area contributed by atoms with Crippen LogP contribution >= 0.6 is 0 Å². The molecule has 1 aromatic rings. The minimum atomic E-state index is -3.50. The van der Waals surface area contributed by atoms with Crippen molar-refractivity contribution in [1.82, 2.24) is 10.6 Å². The number of carbonyl (C=O) groups excluding carboxylic acids is 1. The number of hydrogen-bond donors (Lipinski definition) is 2. The Morgan fingerprint density at radius 3 is 2.64 bits per heavy atom. The Balaban J connectivity index is 1.98. The van der Waals surface area contributed by atoms with Crippen LogP contribution < -0.4 is 15.4 Å². The van der Waals surface area contributed by atoms with Gasteiger partial charge < -0.3 is 15.4 Å². The molecule has 1 fully saturated rings. The summed E-state index contributed by atoms with van der Waals surface area (Å²) in [5.41, 5.74) is 0. The Bertz CT molecular complexity index is 607. The second kappa shape index (κ2) is 7.11. The van der Waals surface area contributed by atoms with E-state index in [0.717, 1.165) is 19.5 Å². The van der Waals surface area contributed by atoms with Gasteiger partial charge in [0.15, 0.2) is 9.84 Å². The number of rotatable bonds is 6. The molecule has 2 unspecified atom stereocenters. The van der Waals surface area contributed by atoms with Gasteiger partial charge in [-0.15, -0.1) is 0 Å². The molecule has 1 heterocycles. The smallest absolute Gasteiger partial charge is 0.224 e. The zero-order chi connectivity index (χ0) is 16.2. The standard InChI is InChI=1S/C15H22N2O4S/c1-11(15(18)17-12-7-8-16-9-12)10-22(19,20)14-5-3-13(21-2)4-6-14/h3-6,11-12,16H,7-10H2,1-2H3,(H,17,18). The van der Waals surface area contributed by atoms with E-state index in [4.69, 9.17) is 4.74 Å². The van der Waals surface area contributed by atoms with Gasteiger partial charge in [-0.25, -0.2) is 8.42 Å². The Morgan fingerprint density at radius 2 is 2.09 bits per heavy atom. The molecule has 2 rings (SSSR count). The molecule has 1 aliphatic rings. The number of carbonyl (C=O) groups is 1. The van der Waals surface area contributed by atoms with Gasteiger partial charge in [-0.3, -0.25) is 4.79 Å². The van der Waals surface area contributed by atoms with E-state index in [1.165, 1.54) is 19.2 Å². The van der Waals surface area contributed by atoms with Crippen molar-refractivity contribution in [3.8, 4) is 5.75 Å². The predicted molar refractivity (Wildman–Crippen MR) is 83.6 cm³/mol. The molecule has 0 radical (unpaired) electrons. The summed E-state index contributed by atoms with van der Waals surface area (Å²) in [7, 11) is -1.97. The number of methoxy groups -OCH3 is 1. The highest BCUT2D eigenvalue weighted by Crippen LogP contribution is 2.18. The van der Waals surface area contributed by atoms with E-state index < -0.39 is 15.8 Å². The van der Waals surface area contributed by atoms with E-state index in [1.54, 1.807) is 19.1 Å². The molecule has 2 atom stereocenters. The van der Waals surface area contributed by atoms with Gasteiger partial charge in [0, 0.05) is 18.5 Å². The summed E-state index contributed by atoms with van der Waals surface area (Å²) < 4.78 is 29.7. The highest BCUT2D eigenvalue weighted by Gasteiger charge is 2.25. The number of hydrogen-bond acceptors (Lipinski definition) is 5. The van der Waals surface area contributed by atoms with Crippen LogP contribution in [0.5, 0.6) is 5.75 Å². The highest BCUT2D eigenvalue weighted by atomic mass is 32.2. The van der Waals surface area contributed by atoms with E-state index in [9.17, 15) is 13.2 Å². The van der Waals surface area contributed by atoms with E-state index in [2.05, 4.69) is 10.6 Å². The lowest BCUT2D eigenvalue weighted by atomic mass is 10.2. The summed E-state index contributed by atoms with van der Waals surface area (Å²) in [6.07, 6.45) is 0.879. The minimum absolute atomic E-state index is 0.0960. The number of ether oxygens (including phenoxy) is 1. The maximum Gasteiger partial charge on any atom is 0.224 e. The van der Waals surface area contributed by atoms with Gasteiger partial charge in [-0.05, 0) is 37.2 Å². The molecule has 1 saturated heterocycles. The SMILES string of the molecule is COc1ccc(S(=O)(=O)CC(C)C(=O)NC2CCNC2)cc1. The van der Waals surface area contributed by atoms with Crippen molar-refractivity contribution in [2.75, 3.05) is 26.0 Å². The van der Waals surface area contributed by atoms with Crippen molar-refractivity contribution in [2.24, 2.45) is 5.92 Å². The summed E-state index contributed by atoms with van der Waals surface area (Å²) in [6.45, 7) is 3.26. The Labute approximate surface area is 131 Å². The maximum atomic E-state index is 12.4. The fraction of sp³-hybridized carbons (Fsp3) is 0.533. The highest BCUT2D eigenvalue weighted by molar-refractivity contribution is 7.91. The molecule has 2 N–H and O–H groups in total. The lowest BCUT2D eigenvalue weighted by Crippen LogP contribution is -2.41. The Hall–Kier alpha value is -1.60. The first-order valence-corrected chi connectivity index (χ1v) is 8.95. The summed E-state index contributed by atoms with van der Waals surface area (Å²) in [5.74, 6) is -0.414. The fourth-order valence-corrected chi connectivity index (χ4v) is 3.96. The molecule has 22 heavy (non-hydrogen) atoms. The molecule has 122 valence electrons. The van der Waals surface area contributed by atoms with Crippen molar-refractivity contribution in [2.45, 2.75) is 24.3 Å². The van der Waals surface area contributed by atoms with Gasteiger partial charge >= 0.3 is 0 Å².